The topological polar surface area (TPSA) is 65.0 Å². The molecule has 50 heavy (non-hydrogen) atoms. The molecule has 0 fully saturated rings. The van der Waals surface area contributed by atoms with Gasteiger partial charge in [-0.1, -0.05) is 133 Å². The predicted octanol–water partition coefficient (Wildman–Crippen LogP) is 12.0. The van der Waals surface area contributed by atoms with Gasteiger partial charge >= 0.3 is 0 Å². The first-order valence-electron chi connectivity index (χ1n) is 16.6. The van der Waals surface area contributed by atoms with Crippen LogP contribution in [0.2, 0.25) is 0 Å². The maximum absolute atomic E-state index is 6.73. The van der Waals surface area contributed by atoms with E-state index in [2.05, 4.69) is 72.8 Å². The Labute approximate surface area is 287 Å². The zero-order valence-electron chi connectivity index (χ0n) is 26.7. The summed E-state index contributed by atoms with van der Waals surface area (Å²) < 4.78 is 13.2. The minimum atomic E-state index is 0.557. The molecule has 0 radical (unpaired) electrons. The molecule has 3 aromatic heterocycles. The Morgan fingerprint density at radius 3 is 1.56 bits per heavy atom. The third kappa shape index (κ3) is 4.60. The second-order valence-corrected chi connectivity index (χ2v) is 12.4. The van der Waals surface area contributed by atoms with Gasteiger partial charge in [0.2, 0.25) is 0 Å². The van der Waals surface area contributed by atoms with Crippen LogP contribution in [0.1, 0.15) is 0 Å². The Morgan fingerprint density at radius 2 is 0.840 bits per heavy atom. The summed E-state index contributed by atoms with van der Waals surface area (Å²) in [4.78, 5) is 14.9. The molecule has 0 aliphatic carbocycles. The standard InChI is InChI=1S/C45H27N3O2/c1-4-14-28(15-5-1)36-26-31(27-37-33-20-10-11-24-38(33)49-42(36)37)32-21-13-25-39-40(32)34-22-12-23-35(41(34)50-39)45-47-43(29-16-6-2-7-17-29)46-44(48-45)30-18-8-3-9-19-30/h1-27H. The number of benzene rings is 7. The highest BCUT2D eigenvalue weighted by atomic mass is 16.3. The highest BCUT2D eigenvalue weighted by Gasteiger charge is 2.21. The van der Waals surface area contributed by atoms with E-state index in [9.17, 15) is 0 Å². The average Bonchev–Trinajstić information content (AvgIpc) is 3.77. The molecule has 3 heterocycles. The molecule has 10 rings (SSSR count). The van der Waals surface area contributed by atoms with Crippen LogP contribution in [-0.4, -0.2) is 15.0 Å². The molecule has 0 atom stereocenters. The number of para-hydroxylation sites is 2. The Morgan fingerprint density at radius 1 is 0.320 bits per heavy atom. The lowest BCUT2D eigenvalue weighted by Crippen LogP contribution is -2.00. The second-order valence-electron chi connectivity index (χ2n) is 12.4. The summed E-state index contributed by atoms with van der Waals surface area (Å²) in [6.07, 6.45) is 0. The highest BCUT2D eigenvalue weighted by molar-refractivity contribution is 6.17. The van der Waals surface area contributed by atoms with E-state index in [4.69, 9.17) is 23.8 Å². The molecular weight excluding hydrogens is 615 g/mol. The van der Waals surface area contributed by atoms with Crippen molar-refractivity contribution in [2.24, 2.45) is 0 Å². The van der Waals surface area contributed by atoms with Gasteiger partial charge in [0.15, 0.2) is 17.5 Å². The number of nitrogens with zero attached hydrogens (tertiary/aromatic N) is 3. The summed E-state index contributed by atoms with van der Waals surface area (Å²) in [5.41, 5.74) is 10.2. The zero-order valence-corrected chi connectivity index (χ0v) is 26.7. The quantitative estimate of drug-likeness (QED) is 0.187. The largest absolute Gasteiger partial charge is 0.455 e. The molecule has 0 saturated carbocycles. The summed E-state index contributed by atoms with van der Waals surface area (Å²) >= 11 is 0. The normalized spacial score (nSPS) is 11.6. The summed E-state index contributed by atoms with van der Waals surface area (Å²) in [5, 5.41) is 4.20. The lowest BCUT2D eigenvalue weighted by atomic mass is 9.93. The Kier molecular flexibility index (Phi) is 6.42. The van der Waals surface area contributed by atoms with Gasteiger partial charge in [-0.25, -0.2) is 15.0 Å². The Balaban J connectivity index is 1.21. The SMILES string of the molecule is c1ccc(-c2nc(-c3ccccc3)nc(-c3cccc4c3oc3cccc(-c5cc(-c6ccccc6)c6oc7ccccc7c6c5)c34)n2)cc1. The van der Waals surface area contributed by atoms with Gasteiger partial charge in [0.25, 0.3) is 0 Å². The molecule has 0 spiro atoms. The summed E-state index contributed by atoms with van der Waals surface area (Å²) in [5.74, 6) is 1.77. The molecule has 0 aliphatic rings. The molecule has 0 amide bonds. The molecule has 234 valence electrons. The smallest absolute Gasteiger partial charge is 0.167 e. The third-order valence-electron chi connectivity index (χ3n) is 9.34. The summed E-state index contributed by atoms with van der Waals surface area (Å²) in [6.45, 7) is 0. The van der Waals surface area contributed by atoms with Crippen molar-refractivity contribution in [3.8, 4) is 56.4 Å². The molecular formula is C45H27N3O2. The van der Waals surface area contributed by atoms with Crippen LogP contribution in [0.4, 0.5) is 0 Å². The molecule has 5 nitrogen and oxygen atoms in total. The van der Waals surface area contributed by atoms with E-state index in [-0.39, 0.29) is 0 Å². The number of fused-ring (bicyclic) bond motifs is 6. The van der Waals surface area contributed by atoms with Crippen molar-refractivity contribution in [3.63, 3.8) is 0 Å². The first-order valence-corrected chi connectivity index (χ1v) is 16.6. The monoisotopic (exact) mass is 641 g/mol. The first kappa shape index (κ1) is 28.2. The van der Waals surface area contributed by atoms with Crippen LogP contribution in [0, 0.1) is 0 Å². The van der Waals surface area contributed by atoms with E-state index in [1.165, 1.54) is 0 Å². The number of aromatic nitrogens is 3. The number of hydrogen-bond donors (Lipinski definition) is 0. The van der Waals surface area contributed by atoms with Gasteiger partial charge in [-0.2, -0.15) is 0 Å². The predicted molar refractivity (Wildman–Crippen MR) is 202 cm³/mol. The fourth-order valence-corrected chi connectivity index (χ4v) is 7.01. The van der Waals surface area contributed by atoms with Crippen molar-refractivity contribution in [2.75, 3.05) is 0 Å². The molecule has 0 unspecified atom stereocenters. The number of furan rings is 2. The minimum Gasteiger partial charge on any atom is -0.455 e. The van der Waals surface area contributed by atoms with Crippen LogP contribution in [0.15, 0.2) is 173 Å². The van der Waals surface area contributed by atoms with E-state index >= 15 is 0 Å². The van der Waals surface area contributed by atoms with Crippen molar-refractivity contribution < 1.29 is 8.83 Å². The molecule has 0 N–H and O–H groups in total. The molecule has 0 aliphatic heterocycles. The maximum atomic E-state index is 6.73. The van der Waals surface area contributed by atoms with Gasteiger partial charge < -0.3 is 8.83 Å². The maximum Gasteiger partial charge on any atom is 0.167 e. The van der Waals surface area contributed by atoms with Gasteiger partial charge in [0.1, 0.15) is 22.3 Å². The van der Waals surface area contributed by atoms with E-state index < -0.39 is 0 Å². The second kappa shape index (κ2) is 11.4. The van der Waals surface area contributed by atoms with Crippen LogP contribution in [0.25, 0.3) is 100 Å². The van der Waals surface area contributed by atoms with Gasteiger partial charge in [0.05, 0.1) is 5.56 Å². The van der Waals surface area contributed by atoms with Gasteiger partial charge in [-0.3, -0.25) is 0 Å². The van der Waals surface area contributed by atoms with Gasteiger partial charge in [0, 0.05) is 38.2 Å². The van der Waals surface area contributed by atoms with E-state index in [1.54, 1.807) is 0 Å². The number of hydrogen-bond acceptors (Lipinski definition) is 5. The third-order valence-corrected chi connectivity index (χ3v) is 9.34. The van der Waals surface area contributed by atoms with Crippen molar-refractivity contribution in [1.82, 2.24) is 15.0 Å². The summed E-state index contributed by atoms with van der Waals surface area (Å²) in [7, 11) is 0. The van der Waals surface area contributed by atoms with Crippen LogP contribution in [0.5, 0.6) is 0 Å². The molecule has 10 aromatic rings. The van der Waals surface area contributed by atoms with Gasteiger partial charge in [-0.05, 0) is 47.0 Å². The van der Waals surface area contributed by atoms with Crippen LogP contribution < -0.4 is 0 Å². The Bertz CT molecular complexity index is 2800. The molecule has 0 bridgehead atoms. The fraction of sp³-hybridized carbons (Fsp3) is 0. The first-order chi connectivity index (χ1) is 24.8. The highest BCUT2D eigenvalue weighted by Crippen LogP contribution is 2.44. The summed E-state index contributed by atoms with van der Waals surface area (Å²) in [6, 6.07) is 55.7. The van der Waals surface area contributed by atoms with Crippen LogP contribution >= 0.6 is 0 Å². The zero-order chi connectivity index (χ0) is 33.0. The minimum absolute atomic E-state index is 0.557. The van der Waals surface area contributed by atoms with Crippen molar-refractivity contribution >= 4 is 43.9 Å². The van der Waals surface area contributed by atoms with Gasteiger partial charge in [-0.15, -0.1) is 0 Å². The molecule has 0 saturated heterocycles. The lowest BCUT2D eigenvalue weighted by molar-refractivity contribution is 0.669. The molecule has 5 heteroatoms. The number of rotatable bonds is 5. The van der Waals surface area contributed by atoms with E-state index in [0.29, 0.717) is 17.5 Å². The van der Waals surface area contributed by atoms with E-state index in [1.807, 2.05) is 91.0 Å². The molecule has 7 aromatic carbocycles. The Hall–Kier alpha value is -6.85. The van der Waals surface area contributed by atoms with E-state index in [0.717, 1.165) is 82.8 Å². The van der Waals surface area contributed by atoms with Crippen LogP contribution in [0.3, 0.4) is 0 Å². The lowest BCUT2D eigenvalue weighted by Gasteiger charge is -2.10. The fourth-order valence-electron chi connectivity index (χ4n) is 7.01. The van der Waals surface area contributed by atoms with Crippen molar-refractivity contribution in [2.45, 2.75) is 0 Å². The van der Waals surface area contributed by atoms with Crippen molar-refractivity contribution in [1.29, 1.82) is 0 Å². The van der Waals surface area contributed by atoms with Crippen molar-refractivity contribution in [3.05, 3.63) is 164 Å². The average molecular weight is 642 g/mol. The van der Waals surface area contributed by atoms with Crippen LogP contribution in [-0.2, 0) is 0 Å².